The van der Waals surface area contributed by atoms with E-state index in [4.69, 9.17) is 5.11 Å². The summed E-state index contributed by atoms with van der Waals surface area (Å²) < 4.78 is 0. The van der Waals surface area contributed by atoms with Gasteiger partial charge in [-0.1, -0.05) is 12.2 Å². The Bertz CT molecular complexity index is 298. The first-order chi connectivity index (χ1) is 6.80. The molecule has 1 aliphatic rings. The van der Waals surface area contributed by atoms with Crippen LogP contribution in [-0.4, -0.2) is 27.6 Å². The molecule has 1 amide bonds. The second-order valence-corrected chi connectivity index (χ2v) is 2.59. The third-order valence-corrected chi connectivity index (χ3v) is 1.56. The second kappa shape index (κ2) is 5.64. The molecule has 4 heteroatoms. The lowest BCUT2D eigenvalue weighted by atomic mass is 10.4. The number of aromatic nitrogens is 1. The van der Waals surface area contributed by atoms with E-state index in [-0.39, 0.29) is 0 Å². The van der Waals surface area contributed by atoms with Crippen molar-refractivity contribution in [3.8, 4) is 0 Å². The predicted molar refractivity (Wildman–Crippen MR) is 53.8 cm³/mol. The van der Waals surface area contributed by atoms with Crippen LogP contribution in [0.1, 0.15) is 0 Å². The Morgan fingerprint density at radius 3 is 2.29 bits per heavy atom. The monoisotopic (exact) mass is 192 g/mol. The molecule has 0 saturated carbocycles. The lowest BCUT2D eigenvalue weighted by Crippen LogP contribution is -2.24. The Kier molecular flexibility index (Phi) is 4.07. The largest absolute Gasteiger partial charge is 0.465 e. The van der Waals surface area contributed by atoms with E-state index in [0.717, 1.165) is 0 Å². The van der Waals surface area contributed by atoms with Gasteiger partial charge in [-0.05, 0) is 18.2 Å². The number of H-pyrrole nitrogens is 1. The molecule has 0 fully saturated rings. The van der Waals surface area contributed by atoms with Gasteiger partial charge in [0, 0.05) is 25.1 Å². The highest BCUT2D eigenvalue weighted by Crippen LogP contribution is 1.97. The smallest absolute Gasteiger partial charge is 0.411 e. The topological polar surface area (TPSA) is 56.3 Å². The highest BCUT2D eigenvalue weighted by molar-refractivity contribution is 5.66. The van der Waals surface area contributed by atoms with Gasteiger partial charge in [0.2, 0.25) is 0 Å². The minimum Gasteiger partial charge on any atom is -0.465 e. The fourth-order valence-corrected chi connectivity index (χ4v) is 0.887. The molecule has 0 atom stereocenters. The van der Waals surface area contributed by atoms with E-state index in [9.17, 15) is 4.79 Å². The van der Waals surface area contributed by atoms with Crippen molar-refractivity contribution in [3.05, 3.63) is 49.0 Å². The van der Waals surface area contributed by atoms with E-state index in [1.165, 1.54) is 11.1 Å². The minimum absolute atomic E-state index is 0.464. The first-order valence-electron chi connectivity index (χ1n) is 4.21. The summed E-state index contributed by atoms with van der Waals surface area (Å²) in [4.78, 5) is 14.3. The molecule has 1 aromatic rings. The molecule has 14 heavy (non-hydrogen) atoms. The number of nitrogens with zero attached hydrogens (tertiary/aromatic N) is 1. The maximum absolute atomic E-state index is 10.2. The zero-order chi connectivity index (χ0) is 10.2. The molecule has 0 aliphatic carbocycles. The zero-order valence-electron chi connectivity index (χ0n) is 7.63. The number of amides is 1. The highest BCUT2D eigenvalue weighted by atomic mass is 16.4. The van der Waals surface area contributed by atoms with Crippen molar-refractivity contribution in [3.63, 3.8) is 0 Å². The van der Waals surface area contributed by atoms with Crippen molar-refractivity contribution in [2.24, 2.45) is 0 Å². The van der Waals surface area contributed by atoms with Crippen LogP contribution >= 0.6 is 0 Å². The number of carboxylic acid groups (broad SMARTS) is 1. The Labute approximate surface area is 82.2 Å². The molecule has 0 aromatic carbocycles. The van der Waals surface area contributed by atoms with Gasteiger partial charge in [-0.2, -0.15) is 0 Å². The number of aromatic amines is 1. The Hall–Kier alpha value is -1.97. The van der Waals surface area contributed by atoms with Crippen LogP contribution in [0.2, 0.25) is 0 Å². The molecule has 0 spiro atoms. The summed E-state index contributed by atoms with van der Waals surface area (Å²) in [5, 5.41) is 8.38. The first-order valence-corrected chi connectivity index (χ1v) is 4.21. The second-order valence-electron chi connectivity index (χ2n) is 2.59. The van der Waals surface area contributed by atoms with Gasteiger partial charge < -0.3 is 10.1 Å². The van der Waals surface area contributed by atoms with E-state index in [1.807, 2.05) is 30.6 Å². The Morgan fingerprint density at radius 2 is 2.00 bits per heavy atom. The number of carbonyl (C=O) groups is 1. The molecular formula is C10H12N2O2. The van der Waals surface area contributed by atoms with Crippen molar-refractivity contribution in [2.45, 2.75) is 0 Å². The number of allylic oxidation sites excluding steroid dienone is 2. The highest BCUT2D eigenvalue weighted by Gasteiger charge is 2.05. The Balaban J connectivity index is 0.000000165. The van der Waals surface area contributed by atoms with Crippen molar-refractivity contribution < 1.29 is 9.90 Å². The summed E-state index contributed by atoms with van der Waals surface area (Å²) >= 11 is 0. The molecular weight excluding hydrogens is 180 g/mol. The van der Waals surface area contributed by atoms with Crippen LogP contribution in [0.15, 0.2) is 49.0 Å². The van der Waals surface area contributed by atoms with Gasteiger partial charge in [0.15, 0.2) is 0 Å². The average Bonchev–Trinajstić information content (AvgIpc) is 2.77. The van der Waals surface area contributed by atoms with E-state index >= 15 is 0 Å². The molecule has 4 nitrogen and oxygen atoms in total. The third kappa shape index (κ3) is 3.62. The van der Waals surface area contributed by atoms with Gasteiger partial charge in [-0.3, -0.25) is 4.90 Å². The molecule has 1 aromatic heterocycles. The molecule has 1 aliphatic heterocycles. The lowest BCUT2D eigenvalue weighted by Gasteiger charge is -2.12. The van der Waals surface area contributed by atoms with Gasteiger partial charge in [-0.15, -0.1) is 0 Å². The van der Waals surface area contributed by atoms with E-state index in [1.54, 1.807) is 12.2 Å². The summed E-state index contributed by atoms with van der Waals surface area (Å²) in [6.07, 6.45) is 9.67. The van der Waals surface area contributed by atoms with Crippen LogP contribution < -0.4 is 0 Å². The third-order valence-electron chi connectivity index (χ3n) is 1.56. The van der Waals surface area contributed by atoms with E-state index in [2.05, 4.69) is 4.98 Å². The summed E-state index contributed by atoms with van der Waals surface area (Å²) in [5.41, 5.74) is 0. The zero-order valence-corrected chi connectivity index (χ0v) is 7.63. The van der Waals surface area contributed by atoms with E-state index < -0.39 is 6.09 Å². The molecule has 2 heterocycles. The molecule has 0 bridgehead atoms. The standard InChI is InChI=1S/C6H7NO2.C4H5N/c8-6(9)7-4-2-1-3-5-7;1-2-4-5-3-1/h1-4H,5H2,(H,8,9);1-5H. The number of hydrogen-bond donors (Lipinski definition) is 2. The quantitative estimate of drug-likeness (QED) is 0.661. The summed E-state index contributed by atoms with van der Waals surface area (Å²) in [5.74, 6) is 0. The maximum atomic E-state index is 10.2. The average molecular weight is 192 g/mol. The fourth-order valence-electron chi connectivity index (χ4n) is 0.887. The van der Waals surface area contributed by atoms with Crippen LogP contribution in [-0.2, 0) is 0 Å². The molecule has 2 N–H and O–H groups in total. The van der Waals surface area contributed by atoms with E-state index in [0.29, 0.717) is 6.54 Å². The lowest BCUT2D eigenvalue weighted by molar-refractivity contribution is 0.166. The first kappa shape index (κ1) is 10.1. The fraction of sp³-hybridized carbons (Fsp3) is 0.100. The van der Waals surface area contributed by atoms with Gasteiger partial charge in [0.1, 0.15) is 0 Å². The summed E-state index contributed by atoms with van der Waals surface area (Å²) in [7, 11) is 0. The molecule has 0 saturated heterocycles. The molecule has 74 valence electrons. The van der Waals surface area contributed by atoms with Crippen LogP contribution in [0.4, 0.5) is 4.79 Å². The normalized spacial score (nSPS) is 13.3. The van der Waals surface area contributed by atoms with Crippen LogP contribution in [0.5, 0.6) is 0 Å². The van der Waals surface area contributed by atoms with Gasteiger partial charge in [0.05, 0.1) is 0 Å². The summed E-state index contributed by atoms with van der Waals surface area (Å²) in [6, 6.07) is 3.89. The number of rotatable bonds is 0. The molecule has 2 rings (SSSR count). The van der Waals surface area contributed by atoms with Crippen LogP contribution in [0.25, 0.3) is 0 Å². The predicted octanol–water partition coefficient (Wildman–Crippen LogP) is 2.06. The van der Waals surface area contributed by atoms with Gasteiger partial charge in [-0.25, -0.2) is 4.79 Å². The van der Waals surface area contributed by atoms with Crippen molar-refractivity contribution in [1.82, 2.24) is 9.88 Å². The van der Waals surface area contributed by atoms with Crippen molar-refractivity contribution >= 4 is 6.09 Å². The van der Waals surface area contributed by atoms with Gasteiger partial charge in [0.25, 0.3) is 0 Å². The van der Waals surface area contributed by atoms with Gasteiger partial charge >= 0.3 is 6.09 Å². The number of hydrogen-bond acceptors (Lipinski definition) is 1. The van der Waals surface area contributed by atoms with Crippen LogP contribution in [0, 0.1) is 0 Å². The van der Waals surface area contributed by atoms with Crippen molar-refractivity contribution in [2.75, 3.05) is 6.54 Å². The number of nitrogens with one attached hydrogen (secondary N) is 1. The Morgan fingerprint density at radius 1 is 1.29 bits per heavy atom. The van der Waals surface area contributed by atoms with Crippen molar-refractivity contribution in [1.29, 1.82) is 0 Å². The SMILES string of the molecule is O=C(O)N1C=CC=CC1.c1cc[nH]c1. The maximum Gasteiger partial charge on any atom is 0.411 e. The van der Waals surface area contributed by atoms with Crippen LogP contribution in [0.3, 0.4) is 0 Å². The minimum atomic E-state index is -0.907. The summed E-state index contributed by atoms with van der Waals surface area (Å²) in [6.45, 7) is 0.464. The molecule has 0 unspecified atom stereocenters. The molecule has 0 radical (unpaired) electrons.